The maximum absolute atomic E-state index is 9.56. The number of nitrogens with zero attached hydrogens (tertiary/aromatic N) is 2. The Labute approximate surface area is 106 Å². The molecule has 0 amide bonds. The summed E-state index contributed by atoms with van der Waals surface area (Å²) in [6.07, 6.45) is 1.10. The van der Waals surface area contributed by atoms with Crippen molar-refractivity contribution >= 4 is 0 Å². The van der Waals surface area contributed by atoms with E-state index >= 15 is 0 Å². The smallest absolute Gasteiger partial charge is 0.163 e. The Balaban J connectivity index is 2.49. The monoisotopic (exact) mass is 244 g/mol. The third-order valence-corrected chi connectivity index (χ3v) is 2.82. The molecule has 94 valence electrons. The summed E-state index contributed by atoms with van der Waals surface area (Å²) in [5.41, 5.74) is 2.37. The van der Waals surface area contributed by atoms with E-state index in [1.165, 1.54) is 0 Å². The first-order valence-corrected chi connectivity index (χ1v) is 5.78. The van der Waals surface area contributed by atoms with Crippen LogP contribution in [0, 0.1) is 6.92 Å². The van der Waals surface area contributed by atoms with Gasteiger partial charge in [-0.05, 0) is 26.0 Å². The van der Waals surface area contributed by atoms with Crippen LogP contribution in [0.2, 0.25) is 0 Å². The van der Waals surface area contributed by atoms with Gasteiger partial charge in [0.2, 0.25) is 0 Å². The molecule has 1 aromatic carbocycles. The summed E-state index contributed by atoms with van der Waals surface area (Å²) in [6.45, 7) is 3.57. The molecule has 1 atom stereocenters. The van der Waals surface area contributed by atoms with Crippen molar-refractivity contribution in [2.75, 3.05) is 7.11 Å². The Morgan fingerprint density at radius 1 is 1.28 bits per heavy atom. The van der Waals surface area contributed by atoms with E-state index in [1.54, 1.807) is 20.2 Å². The van der Waals surface area contributed by atoms with Gasteiger partial charge in [0, 0.05) is 17.5 Å². The summed E-state index contributed by atoms with van der Waals surface area (Å²) in [6, 6.07) is 7.60. The lowest BCUT2D eigenvalue weighted by Crippen LogP contribution is -2.01. The van der Waals surface area contributed by atoms with Crippen molar-refractivity contribution in [3.63, 3.8) is 0 Å². The number of methoxy groups -OCH3 is 1. The molecule has 1 N–H and O–H groups in total. The highest BCUT2D eigenvalue weighted by atomic mass is 16.5. The minimum atomic E-state index is -0.559. The zero-order chi connectivity index (χ0) is 13.1. The van der Waals surface area contributed by atoms with Crippen LogP contribution in [0.1, 0.15) is 24.3 Å². The fourth-order valence-corrected chi connectivity index (χ4v) is 1.85. The van der Waals surface area contributed by atoms with Crippen molar-refractivity contribution in [1.82, 2.24) is 9.97 Å². The van der Waals surface area contributed by atoms with Gasteiger partial charge in [-0.3, -0.25) is 0 Å². The molecule has 0 saturated heterocycles. The number of ether oxygens (including phenoxy) is 1. The summed E-state index contributed by atoms with van der Waals surface area (Å²) in [5, 5.41) is 9.56. The number of aromatic nitrogens is 2. The fraction of sp³-hybridized carbons (Fsp3) is 0.286. The van der Waals surface area contributed by atoms with E-state index in [2.05, 4.69) is 9.97 Å². The van der Waals surface area contributed by atoms with Crippen molar-refractivity contribution in [3.8, 4) is 17.1 Å². The highest BCUT2D eigenvalue weighted by Crippen LogP contribution is 2.27. The van der Waals surface area contributed by atoms with Gasteiger partial charge in [-0.15, -0.1) is 0 Å². The second-order valence-corrected chi connectivity index (χ2v) is 4.11. The normalized spacial score (nSPS) is 12.2. The van der Waals surface area contributed by atoms with Gasteiger partial charge < -0.3 is 9.84 Å². The van der Waals surface area contributed by atoms with Crippen molar-refractivity contribution in [3.05, 3.63) is 41.7 Å². The molecule has 0 aliphatic rings. The standard InChI is InChI=1S/C14H16N2O2/c1-9-12(10(2)17)8-15-14(16-9)11-6-4-5-7-13(11)18-3/h4-8,10,17H,1-3H3/t10-/m0/s1. The fourth-order valence-electron chi connectivity index (χ4n) is 1.85. The molecular formula is C14H16N2O2. The summed E-state index contributed by atoms with van der Waals surface area (Å²) in [5.74, 6) is 1.34. The zero-order valence-corrected chi connectivity index (χ0v) is 10.7. The van der Waals surface area contributed by atoms with Crippen molar-refractivity contribution < 1.29 is 9.84 Å². The van der Waals surface area contributed by atoms with Gasteiger partial charge in [-0.1, -0.05) is 12.1 Å². The van der Waals surface area contributed by atoms with E-state index in [4.69, 9.17) is 4.74 Å². The molecule has 0 aliphatic heterocycles. The third-order valence-electron chi connectivity index (χ3n) is 2.82. The average molecular weight is 244 g/mol. The molecule has 2 rings (SSSR count). The Hall–Kier alpha value is -1.94. The van der Waals surface area contributed by atoms with Crippen LogP contribution in [-0.4, -0.2) is 22.2 Å². The molecule has 0 unspecified atom stereocenters. The van der Waals surface area contributed by atoms with Crippen LogP contribution in [0.25, 0.3) is 11.4 Å². The Morgan fingerprint density at radius 2 is 2.00 bits per heavy atom. The number of aryl methyl sites for hydroxylation is 1. The van der Waals surface area contributed by atoms with Crippen molar-refractivity contribution in [1.29, 1.82) is 0 Å². The summed E-state index contributed by atoms with van der Waals surface area (Å²) >= 11 is 0. The summed E-state index contributed by atoms with van der Waals surface area (Å²) in [4.78, 5) is 8.71. The van der Waals surface area contributed by atoms with E-state index in [0.717, 1.165) is 22.6 Å². The molecule has 4 heteroatoms. The molecule has 4 nitrogen and oxygen atoms in total. The number of benzene rings is 1. The minimum absolute atomic E-state index is 0.559. The lowest BCUT2D eigenvalue weighted by atomic mass is 10.1. The lowest BCUT2D eigenvalue weighted by molar-refractivity contribution is 0.197. The van der Waals surface area contributed by atoms with Crippen LogP contribution in [0.4, 0.5) is 0 Å². The number of para-hydroxylation sites is 1. The number of hydrogen-bond acceptors (Lipinski definition) is 4. The zero-order valence-electron chi connectivity index (χ0n) is 10.7. The molecule has 1 aromatic heterocycles. The molecular weight excluding hydrogens is 228 g/mol. The maximum Gasteiger partial charge on any atom is 0.163 e. The Bertz CT molecular complexity index is 553. The van der Waals surface area contributed by atoms with E-state index in [1.807, 2.05) is 31.2 Å². The third kappa shape index (κ3) is 2.33. The van der Waals surface area contributed by atoms with Crippen LogP contribution in [0.15, 0.2) is 30.5 Å². The summed E-state index contributed by atoms with van der Waals surface area (Å²) in [7, 11) is 1.62. The Kier molecular flexibility index (Phi) is 3.58. The van der Waals surface area contributed by atoms with Crippen LogP contribution in [-0.2, 0) is 0 Å². The van der Waals surface area contributed by atoms with Crippen LogP contribution >= 0.6 is 0 Å². The molecule has 0 aliphatic carbocycles. The molecule has 0 fully saturated rings. The van der Waals surface area contributed by atoms with E-state index in [9.17, 15) is 5.11 Å². The van der Waals surface area contributed by atoms with Gasteiger partial charge in [0.05, 0.1) is 18.8 Å². The second-order valence-electron chi connectivity index (χ2n) is 4.11. The number of rotatable bonds is 3. The van der Waals surface area contributed by atoms with Gasteiger partial charge in [0.25, 0.3) is 0 Å². The molecule has 0 saturated carbocycles. The SMILES string of the molecule is COc1ccccc1-c1ncc([C@H](C)O)c(C)n1. The van der Waals surface area contributed by atoms with Crippen molar-refractivity contribution in [2.45, 2.75) is 20.0 Å². The number of aliphatic hydroxyl groups is 1. The van der Waals surface area contributed by atoms with E-state index in [-0.39, 0.29) is 0 Å². The molecule has 18 heavy (non-hydrogen) atoms. The van der Waals surface area contributed by atoms with Gasteiger partial charge in [-0.25, -0.2) is 9.97 Å². The predicted molar refractivity (Wildman–Crippen MR) is 69.4 cm³/mol. The topological polar surface area (TPSA) is 55.2 Å². The largest absolute Gasteiger partial charge is 0.496 e. The number of hydrogen-bond donors (Lipinski definition) is 1. The quantitative estimate of drug-likeness (QED) is 0.901. The van der Waals surface area contributed by atoms with Crippen LogP contribution in [0.3, 0.4) is 0 Å². The lowest BCUT2D eigenvalue weighted by Gasteiger charge is -2.11. The summed E-state index contributed by atoms with van der Waals surface area (Å²) < 4.78 is 5.29. The van der Waals surface area contributed by atoms with Gasteiger partial charge in [-0.2, -0.15) is 0 Å². The number of aliphatic hydroxyl groups excluding tert-OH is 1. The van der Waals surface area contributed by atoms with Crippen LogP contribution < -0.4 is 4.74 Å². The molecule has 2 aromatic rings. The molecule has 0 spiro atoms. The maximum atomic E-state index is 9.56. The van der Waals surface area contributed by atoms with Gasteiger partial charge >= 0.3 is 0 Å². The van der Waals surface area contributed by atoms with Gasteiger partial charge in [0.1, 0.15) is 5.75 Å². The molecule has 0 bridgehead atoms. The highest BCUT2D eigenvalue weighted by Gasteiger charge is 2.11. The second kappa shape index (κ2) is 5.14. The van der Waals surface area contributed by atoms with Crippen molar-refractivity contribution in [2.24, 2.45) is 0 Å². The highest BCUT2D eigenvalue weighted by molar-refractivity contribution is 5.64. The average Bonchev–Trinajstić information content (AvgIpc) is 2.38. The Morgan fingerprint density at radius 3 is 2.61 bits per heavy atom. The predicted octanol–water partition coefficient (Wildman–Crippen LogP) is 2.51. The van der Waals surface area contributed by atoms with E-state index in [0.29, 0.717) is 5.82 Å². The van der Waals surface area contributed by atoms with E-state index < -0.39 is 6.10 Å². The molecule has 1 heterocycles. The first-order chi connectivity index (χ1) is 8.63. The molecule has 0 radical (unpaired) electrons. The van der Waals surface area contributed by atoms with Gasteiger partial charge in [0.15, 0.2) is 5.82 Å². The first-order valence-electron chi connectivity index (χ1n) is 5.78. The minimum Gasteiger partial charge on any atom is -0.496 e. The first kappa shape index (κ1) is 12.5. The van der Waals surface area contributed by atoms with Crippen LogP contribution in [0.5, 0.6) is 5.75 Å².